The summed E-state index contributed by atoms with van der Waals surface area (Å²) in [5.74, 6) is 2.55. The number of benzene rings is 1. The lowest BCUT2D eigenvalue weighted by molar-refractivity contribution is 0.125. The minimum absolute atomic E-state index is 0. The van der Waals surface area contributed by atoms with Crippen LogP contribution < -0.4 is 10.1 Å². The maximum Gasteiger partial charge on any atom is 0.193 e. The van der Waals surface area contributed by atoms with Crippen molar-refractivity contribution in [2.24, 2.45) is 16.3 Å². The lowest BCUT2D eigenvalue weighted by Gasteiger charge is -2.39. The zero-order chi connectivity index (χ0) is 20.1. The van der Waals surface area contributed by atoms with E-state index in [9.17, 15) is 0 Å². The van der Waals surface area contributed by atoms with Gasteiger partial charge in [-0.3, -0.25) is 9.89 Å². The molecule has 0 aromatic heterocycles. The summed E-state index contributed by atoms with van der Waals surface area (Å²) in [5, 5.41) is 3.53. The third kappa shape index (κ3) is 6.23. The third-order valence-corrected chi connectivity index (χ3v) is 6.25. The molecule has 2 aliphatic rings. The Bertz CT molecular complexity index is 661. The van der Waals surface area contributed by atoms with Gasteiger partial charge in [0.2, 0.25) is 0 Å². The van der Waals surface area contributed by atoms with Gasteiger partial charge < -0.3 is 15.0 Å². The molecule has 0 aliphatic carbocycles. The first-order chi connectivity index (χ1) is 13.4. The second-order valence-corrected chi connectivity index (χ2v) is 9.13. The van der Waals surface area contributed by atoms with Gasteiger partial charge in [-0.05, 0) is 68.8 Å². The molecule has 2 heterocycles. The number of likely N-dealkylation sites (tertiary alicyclic amines) is 2. The van der Waals surface area contributed by atoms with Crippen LogP contribution in [-0.2, 0) is 0 Å². The molecule has 0 amide bonds. The molecule has 1 aromatic rings. The molecule has 6 heteroatoms. The number of hydrogen-bond donors (Lipinski definition) is 1. The lowest BCUT2D eigenvalue weighted by Crippen LogP contribution is -2.42. The molecule has 1 N–H and O–H groups in total. The third-order valence-electron chi connectivity index (χ3n) is 6.25. The van der Waals surface area contributed by atoms with Crippen LogP contribution in [-0.4, -0.2) is 62.6 Å². The monoisotopic (exact) mass is 514 g/mol. The van der Waals surface area contributed by atoms with Crippen LogP contribution in [0, 0.1) is 11.3 Å². The second kappa shape index (κ2) is 10.8. The van der Waals surface area contributed by atoms with E-state index in [1.807, 2.05) is 0 Å². The van der Waals surface area contributed by atoms with Gasteiger partial charge in [0.1, 0.15) is 5.75 Å². The minimum atomic E-state index is 0. The van der Waals surface area contributed by atoms with Gasteiger partial charge >= 0.3 is 0 Å². The summed E-state index contributed by atoms with van der Waals surface area (Å²) in [5.41, 5.74) is 1.75. The van der Waals surface area contributed by atoms with Crippen molar-refractivity contribution >= 4 is 29.9 Å². The molecule has 0 bridgehead atoms. The van der Waals surface area contributed by atoms with Crippen LogP contribution in [0.1, 0.15) is 51.6 Å². The predicted molar refractivity (Wildman–Crippen MR) is 132 cm³/mol. The number of halogens is 1. The number of aliphatic imine (C=N–C) groups is 1. The molecule has 5 nitrogen and oxygen atoms in total. The molecular formula is C23H39IN4O. The Morgan fingerprint density at radius 1 is 1.24 bits per heavy atom. The number of nitrogens with zero attached hydrogens (tertiary/aromatic N) is 3. The molecule has 2 fully saturated rings. The van der Waals surface area contributed by atoms with Gasteiger partial charge in [-0.1, -0.05) is 26.0 Å². The Balaban J connectivity index is 0.00000300. The van der Waals surface area contributed by atoms with Crippen LogP contribution in [0.5, 0.6) is 5.75 Å². The van der Waals surface area contributed by atoms with E-state index in [2.05, 4.69) is 67.2 Å². The van der Waals surface area contributed by atoms with Crippen molar-refractivity contribution in [3.8, 4) is 5.75 Å². The largest absolute Gasteiger partial charge is 0.497 e. The molecular weight excluding hydrogens is 475 g/mol. The summed E-state index contributed by atoms with van der Waals surface area (Å²) in [6.07, 6.45) is 3.71. The first-order valence-electron chi connectivity index (χ1n) is 10.8. The molecule has 29 heavy (non-hydrogen) atoms. The average Bonchev–Trinajstić information content (AvgIpc) is 3.05. The fourth-order valence-electron chi connectivity index (χ4n) is 4.70. The molecule has 2 aliphatic heterocycles. The van der Waals surface area contributed by atoms with Crippen molar-refractivity contribution in [2.45, 2.75) is 46.1 Å². The molecule has 2 unspecified atom stereocenters. The average molecular weight is 514 g/mol. The number of rotatable bonds is 5. The van der Waals surface area contributed by atoms with Gasteiger partial charge in [-0.25, -0.2) is 0 Å². The van der Waals surface area contributed by atoms with E-state index < -0.39 is 0 Å². The Hall–Kier alpha value is -1.02. The number of hydrogen-bond acceptors (Lipinski definition) is 3. The van der Waals surface area contributed by atoms with E-state index in [0.717, 1.165) is 44.4 Å². The molecule has 164 valence electrons. The van der Waals surface area contributed by atoms with Gasteiger partial charge in [-0.15, -0.1) is 24.0 Å². The zero-order valence-corrected chi connectivity index (χ0v) is 21.1. The van der Waals surface area contributed by atoms with Gasteiger partial charge in [0.15, 0.2) is 5.96 Å². The number of nitrogens with one attached hydrogen (secondary N) is 1. The highest BCUT2D eigenvalue weighted by Crippen LogP contribution is 2.36. The van der Waals surface area contributed by atoms with Crippen molar-refractivity contribution in [1.82, 2.24) is 15.1 Å². The number of methoxy groups -OCH3 is 1. The van der Waals surface area contributed by atoms with Crippen molar-refractivity contribution < 1.29 is 4.74 Å². The predicted octanol–water partition coefficient (Wildman–Crippen LogP) is 4.39. The smallest absolute Gasteiger partial charge is 0.193 e. The highest BCUT2D eigenvalue weighted by molar-refractivity contribution is 14.0. The maximum absolute atomic E-state index is 5.34. The van der Waals surface area contributed by atoms with E-state index in [0.29, 0.717) is 17.4 Å². The van der Waals surface area contributed by atoms with E-state index in [-0.39, 0.29) is 24.0 Å². The van der Waals surface area contributed by atoms with Crippen LogP contribution in [0.3, 0.4) is 0 Å². The minimum Gasteiger partial charge on any atom is -0.497 e. The van der Waals surface area contributed by atoms with Gasteiger partial charge in [0, 0.05) is 32.2 Å². The highest BCUT2D eigenvalue weighted by Gasteiger charge is 2.33. The van der Waals surface area contributed by atoms with Crippen LogP contribution in [0.15, 0.2) is 29.3 Å². The second-order valence-electron chi connectivity index (χ2n) is 9.13. The molecule has 1 aromatic carbocycles. The summed E-state index contributed by atoms with van der Waals surface area (Å²) < 4.78 is 5.34. The van der Waals surface area contributed by atoms with Crippen molar-refractivity contribution in [3.63, 3.8) is 0 Å². The number of ether oxygens (including phenoxy) is 1. The van der Waals surface area contributed by atoms with E-state index in [1.165, 1.54) is 24.8 Å². The zero-order valence-electron chi connectivity index (χ0n) is 18.8. The van der Waals surface area contributed by atoms with E-state index >= 15 is 0 Å². The normalized spacial score (nSPS) is 24.9. The highest BCUT2D eigenvalue weighted by atomic mass is 127. The quantitative estimate of drug-likeness (QED) is 0.360. The van der Waals surface area contributed by atoms with Crippen LogP contribution in [0.25, 0.3) is 0 Å². The van der Waals surface area contributed by atoms with Gasteiger partial charge in [0.25, 0.3) is 0 Å². The first-order valence-corrected chi connectivity index (χ1v) is 10.8. The molecule has 3 rings (SSSR count). The molecule has 0 radical (unpaired) electrons. The van der Waals surface area contributed by atoms with Crippen LogP contribution >= 0.6 is 24.0 Å². The lowest BCUT2D eigenvalue weighted by atomic mass is 9.85. The first kappa shape index (κ1) is 24.3. The summed E-state index contributed by atoms with van der Waals surface area (Å²) in [6.45, 7) is 12.0. The molecule has 2 atom stereocenters. The van der Waals surface area contributed by atoms with Crippen LogP contribution in [0.4, 0.5) is 0 Å². The van der Waals surface area contributed by atoms with Crippen LogP contribution in [0.2, 0.25) is 0 Å². The SMILES string of the molecule is CCNC(=NCC1CCCN(C)C1c1ccc(OC)cc1)N1CCC(C)(C)C1.I. The summed E-state index contributed by atoms with van der Waals surface area (Å²) in [6, 6.07) is 9.01. The topological polar surface area (TPSA) is 40.1 Å². The maximum atomic E-state index is 5.34. The molecule has 0 saturated carbocycles. The van der Waals surface area contributed by atoms with Crippen molar-refractivity contribution in [2.75, 3.05) is 46.9 Å². The Labute approximate surface area is 194 Å². The molecule has 0 spiro atoms. The standard InChI is InChI=1S/C23H38N4O.HI/c1-6-24-22(27-15-13-23(2,3)17-27)25-16-19-8-7-14-26(4)21(19)18-9-11-20(28-5)12-10-18;/h9-12,19,21H,6-8,13-17H2,1-5H3,(H,24,25);1H. The Kier molecular flexibility index (Phi) is 9.07. The fraction of sp³-hybridized carbons (Fsp3) is 0.696. The van der Waals surface area contributed by atoms with Crippen molar-refractivity contribution in [1.29, 1.82) is 0 Å². The summed E-state index contributed by atoms with van der Waals surface area (Å²) >= 11 is 0. The van der Waals surface area contributed by atoms with E-state index in [1.54, 1.807) is 7.11 Å². The van der Waals surface area contributed by atoms with E-state index in [4.69, 9.17) is 9.73 Å². The summed E-state index contributed by atoms with van der Waals surface area (Å²) in [4.78, 5) is 10.0. The van der Waals surface area contributed by atoms with Crippen molar-refractivity contribution in [3.05, 3.63) is 29.8 Å². The van der Waals surface area contributed by atoms with Gasteiger partial charge in [0.05, 0.1) is 7.11 Å². The fourth-order valence-corrected chi connectivity index (χ4v) is 4.70. The Morgan fingerprint density at radius 3 is 2.55 bits per heavy atom. The van der Waals surface area contributed by atoms with Gasteiger partial charge in [-0.2, -0.15) is 0 Å². The summed E-state index contributed by atoms with van der Waals surface area (Å²) in [7, 11) is 3.97. The number of guanidine groups is 1. The Morgan fingerprint density at radius 2 is 1.97 bits per heavy atom. The molecule has 2 saturated heterocycles. The number of piperidine rings is 1.